The maximum Gasteiger partial charge on any atom is 0.330 e. The lowest BCUT2D eigenvalue weighted by Crippen LogP contribution is -3.00. The predicted molar refractivity (Wildman–Crippen MR) is 229 cm³/mol. The summed E-state index contributed by atoms with van der Waals surface area (Å²) in [6.45, 7) is -0.569. The summed E-state index contributed by atoms with van der Waals surface area (Å²) in [5, 5.41) is 13.0. The van der Waals surface area contributed by atoms with Crippen molar-refractivity contribution in [1.82, 2.24) is 0 Å². The Labute approximate surface area is 355 Å². The fraction of sp³-hybridized carbons (Fsp3) is 0.191. The zero-order valence-corrected chi connectivity index (χ0v) is 35.3. The smallest absolute Gasteiger partial charge is 0.330 e. The molecule has 0 amide bonds. The van der Waals surface area contributed by atoms with Crippen LogP contribution >= 0.6 is 7.26 Å². The molecule has 0 aliphatic rings. The number of halogens is 1. The van der Waals surface area contributed by atoms with Gasteiger partial charge in [0, 0.05) is 6.42 Å². The molecule has 12 heteroatoms. The number of aliphatic hydroxyl groups excluding tert-OH is 1. The first-order valence-electron chi connectivity index (χ1n) is 18.8. The largest absolute Gasteiger partial charge is 1.00 e. The van der Waals surface area contributed by atoms with Gasteiger partial charge in [0.1, 0.15) is 29.2 Å². The molecule has 0 aliphatic heterocycles. The van der Waals surface area contributed by atoms with Crippen LogP contribution in [0.25, 0.3) is 12.2 Å². The number of esters is 2. The van der Waals surface area contributed by atoms with Crippen LogP contribution in [-0.2, 0) is 19.2 Å². The average Bonchev–Trinajstić information content (AvgIpc) is 3.26. The van der Waals surface area contributed by atoms with Crippen LogP contribution in [0.3, 0.4) is 0 Å². The van der Waals surface area contributed by atoms with Gasteiger partial charge in [0.25, 0.3) is 0 Å². The number of allylic oxidation sites excluding steroid dienone is 2. The van der Waals surface area contributed by atoms with E-state index in [2.05, 4.69) is 72.8 Å². The Bertz CT molecular complexity index is 2130. The van der Waals surface area contributed by atoms with Gasteiger partial charge in [-0.3, -0.25) is 14.4 Å². The number of unbranched alkanes of at least 4 members (excludes halogenated alkanes) is 1. The van der Waals surface area contributed by atoms with Gasteiger partial charge in [-0.15, -0.1) is 0 Å². The topological polar surface area (TPSA) is 151 Å². The molecule has 1 atom stereocenters. The number of carbonyl (C=O) groups is 4. The van der Waals surface area contributed by atoms with Crippen molar-refractivity contribution in [3.8, 4) is 23.0 Å². The Hall–Kier alpha value is -5.71. The van der Waals surface area contributed by atoms with E-state index in [0.717, 1.165) is 12.6 Å². The van der Waals surface area contributed by atoms with Crippen LogP contribution in [0, 0.1) is 0 Å². The van der Waals surface area contributed by atoms with E-state index >= 15 is 0 Å². The first kappa shape index (κ1) is 46.0. The molecule has 0 bridgehead atoms. The Morgan fingerprint density at radius 2 is 1.07 bits per heavy atom. The number of benzene rings is 5. The second kappa shape index (κ2) is 23.0. The fourth-order valence-corrected chi connectivity index (χ4v) is 10.8. The third kappa shape index (κ3) is 12.6. The summed E-state index contributed by atoms with van der Waals surface area (Å²) >= 11 is 0. The minimum absolute atomic E-state index is 0. The second-order valence-electron chi connectivity index (χ2n) is 13.3. The Kier molecular flexibility index (Phi) is 17.9. The molecule has 5 rings (SSSR count). The van der Waals surface area contributed by atoms with Crippen LogP contribution in [0.4, 0.5) is 0 Å². The standard InChI is InChI=1S/C47H47NO9P.BrH/c1-54-44-30-34(21-25-36(50)32-37(51)26-22-35-24-28-43(45(31-35)55-2)57-47(53)41(48)33-49)23-27-42(44)56-46(52)20-12-13-29-58(38-14-6-3-7-15-38,39-16-8-4-9-17-39)40-18-10-5-11-19-40;/h3-11,14-19,21-28,30-31,41,49H,12-13,20,29,32-33,48H2,1-2H3;1H/q+1;/p-1/b25-21+,26-22+;. The summed E-state index contributed by atoms with van der Waals surface area (Å²) in [6, 6.07) is 40.3. The molecule has 0 aromatic heterocycles. The van der Waals surface area contributed by atoms with E-state index in [-0.39, 0.29) is 53.0 Å². The van der Waals surface area contributed by atoms with Gasteiger partial charge >= 0.3 is 11.9 Å². The number of carbonyl (C=O) groups excluding carboxylic acids is 4. The molecule has 306 valence electrons. The molecule has 0 aliphatic carbocycles. The number of rotatable bonds is 20. The van der Waals surface area contributed by atoms with Gasteiger partial charge in [-0.2, -0.15) is 0 Å². The van der Waals surface area contributed by atoms with Gasteiger partial charge in [0.15, 0.2) is 34.6 Å². The average molecular weight is 881 g/mol. The molecule has 0 saturated heterocycles. The SMILES string of the molecule is COc1cc(/C=C/C(=O)CC(=O)/C=C/c2ccc(OC(=O)C(N)CO)c(OC)c2)ccc1OC(=O)CCCC[P+](c1ccccc1)(c1ccccc1)c1ccccc1.[Br-]. The lowest BCUT2D eigenvalue weighted by atomic mass is 10.1. The Balaban J connectivity index is 0.00000769. The second-order valence-corrected chi connectivity index (χ2v) is 16.9. The molecule has 59 heavy (non-hydrogen) atoms. The lowest BCUT2D eigenvalue weighted by Gasteiger charge is -2.27. The van der Waals surface area contributed by atoms with Crippen molar-refractivity contribution in [2.45, 2.75) is 31.7 Å². The number of aliphatic hydroxyl groups is 1. The fourth-order valence-electron chi connectivity index (χ4n) is 6.34. The van der Waals surface area contributed by atoms with Crippen LogP contribution in [0.5, 0.6) is 23.0 Å². The number of ketones is 2. The van der Waals surface area contributed by atoms with Crippen LogP contribution < -0.4 is 57.6 Å². The Morgan fingerprint density at radius 3 is 1.49 bits per heavy atom. The summed E-state index contributed by atoms with van der Waals surface area (Å²) in [4.78, 5) is 50.2. The van der Waals surface area contributed by atoms with Gasteiger partial charge in [0.05, 0.1) is 33.4 Å². The van der Waals surface area contributed by atoms with Crippen molar-refractivity contribution in [3.63, 3.8) is 0 Å². The van der Waals surface area contributed by atoms with Crippen molar-refractivity contribution in [1.29, 1.82) is 0 Å². The van der Waals surface area contributed by atoms with Gasteiger partial charge in [0.2, 0.25) is 0 Å². The summed E-state index contributed by atoms with van der Waals surface area (Å²) in [6.07, 6.45) is 7.87. The van der Waals surface area contributed by atoms with Crippen molar-refractivity contribution >= 4 is 58.8 Å². The highest BCUT2D eigenvalue weighted by Gasteiger charge is 2.44. The molecule has 5 aromatic rings. The zero-order valence-electron chi connectivity index (χ0n) is 32.9. The molecule has 10 nitrogen and oxygen atoms in total. The van der Waals surface area contributed by atoms with Crippen LogP contribution in [0.1, 0.15) is 36.8 Å². The monoisotopic (exact) mass is 879 g/mol. The first-order valence-corrected chi connectivity index (χ1v) is 20.8. The molecule has 0 saturated carbocycles. The van der Waals surface area contributed by atoms with E-state index in [1.54, 1.807) is 36.4 Å². The van der Waals surface area contributed by atoms with Crippen molar-refractivity contribution in [2.24, 2.45) is 5.73 Å². The minimum Gasteiger partial charge on any atom is -1.00 e. The number of ether oxygens (including phenoxy) is 4. The normalized spacial score (nSPS) is 11.7. The number of nitrogens with two attached hydrogens (primary N) is 1. The molecule has 0 heterocycles. The van der Waals surface area contributed by atoms with Crippen molar-refractivity contribution < 1.29 is 60.2 Å². The highest BCUT2D eigenvalue weighted by molar-refractivity contribution is 7.95. The van der Waals surface area contributed by atoms with Crippen LogP contribution in [0.2, 0.25) is 0 Å². The third-order valence-corrected chi connectivity index (χ3v) is 13.8. The van der Waals surface area contributed by atoms with Gasteiger partial charge in [-0.1, -0.05) is 78.9 Å². The number of hydrogen-bond donors (Lipinski definition) is 2. The molecule has 0 spiro atoms. The summed E-state index contributed by atoms with van der Waals surface area (Å²) in [5.74, 6) is -1.11. The summed E-state index contributed by atoms with van der Waals surface area (Å²) < 4.78 is 21.7. The molecule has 5 aromatic carbocycles. The van der Waals surface area contributed by atoms with Crippen LogP contribution in [0.15, 0.2) is 140 Å². The molecule has 0 radical (unpaired) electrons. The molecule has 1 unspecified atom stereocenters. The molecular weight excluding hydrogens is 833 g/mol. The van der Waals surface area contributed by atoms with E-state index in [9.17, 15) is 19.2 Å². The lowest BCUT2D eigenvalue weighted by molar-refractivity contribution is -0.137. The van der Waals surface area contributed by atoms with E-state index in [4.69, 9.17) is 29.8 Å². The maximum atomic E-state index is 13.1. The summed E-state index contributed by atoms with van der Waals surface area (Å²) in [5.41, 5.74) is 6.67. The minimum atomic E-state index is -2.00. The van der Waals surface area contributed by atoms with E-state index in [0.29, 0.717) is 23.3 Å². The quantitative estimate of drug-likeness (QED) is 0.0298. The van der Waals surface area contributed by atoms with Gasteiger partial charge < -0.3 is 46.8 Å². The molecule has 0 fully saturated rings. The van der Waals surface area contributed by atoms with Crippen LogP contribution in [-0.4, -0.2) is 61.6 Å². The Morgan fingerprint density at radius 1 is 0.627 bits per heavy atom. The molecule has 3 N–H and O–H groups in total. The third-order valence-electron chi connectivity index (χ3n) is 9.30. The molecular formula is C47H47BrNO9P. The summed E-state index contributed by atoms with van der Waals surface area (Å²) in [7, 11) is 0.859. The maximum absolute atomic E-state index is 13.1. The van der Waals surface area contributed by atoms with Gasteiger partial charge in [-0.05, 0) is 96.8 Å². The highest BCUT2D eigenvalue weighted by Crippen LogP contribution is 2.56. The van der Waals surface area contributed by atoms with Crippen molar-refractivity contribution in [3.05, 3.63) is 151 Å². The van der Waals surface area contributed by atoms with Crippen molar-refractivity contribution in [2.75, 3.05) is 27.0 Å². The number of methoxy groups -OCH3 is 2. The number of hydrogen-bond acceptors (Lipinski definition) is 10. The van der Waals surface area contributed by atoms with Gasteiger partial charge in [-0.25, -0.2) is 4.79 Å². The first-order chi connectivity index (χ1) is 28.2. The van der Waals surface area contributed by atoms with E-state index in [1.165, 1.54) is 54.4 Å². The highest BCUT2D eigenvalue weighted by atomic mass is 79.9. The zero-order chi connectivity index (χ0) is 41.3. The predicted octanol–water partition coefficient (Wildman–Crippen LogP) is 3.26. The van der Waals surface area contributed by atoms with E-state index < -0.39 is 37.4 Å². The van der Waals surface area contributed by atoms with E-state index in [1.807, 2.05) is 18.2 Å².